The van der Waals surface area contributed by atoms with Crippen LogP contribution < -0.4 is 0 Å². The first kappa shape index (κ1) is 15.1. The number of esters is 1. The number of hydrogen-bond donors (Lipinski definition) is 0. The van der Waals surface area contributed by atoms with Gasteiger partial charge in [0.05, 0.1) is 12.7 Å². The quantitative estimate of drug-likeness (QED) is 0.738. The number of ether oxygens (including phenoxy) is 1. The lowest BCUT2D eigenvalue weighted by Crippen LogP contribution is -2.33. The van der Waals surface area contributed by atoms with Crippen LogP contribution in [0.5, 0.6) is 0 Å². The second-order valence-electron chi connectivity index (χ2n) is 4.22. The summed E-state index contributed by atoms with van der Waals surface area (Å²) in [6.07, 6.45) is 3.19. The molecule has 0 aliphatic rings. The molecule has 104 valence electrons. The van der Waals surface area contributed by atoms with E-state index in [1.54, 1.807) is 17.0 Å². The van der Waals surface area contributed by atoms with E-state index in [9.17, 15) is 9.59 Å². The average molecular weight is 264 g/mol. The number of rotatable bonds is 6. The molecule has 5 nitrogen and oxygen atoms in total. The number of aromatic nitrogens is 1. The minimum atomic E-state index is -0.453. The maximum atomic E-state index is 12.2. The molecule has 0 aliphatic carbocycles. The molecule has 0 unspecified atom stereocenters. The van der Waals surface area contributed by atoms with Crippen LogP contribution in [0.2, 0.25) is 0 Å². The summed E-state index contributed by atoms with van der Waals surface area (Å²) in [7, 11) is 1.31. The fraction of sp³-hybridized carbons (Fsp3) is 0.500. The van der Waals surface area contributed by atoms with Crippen LogP contribution in [0.3, 0.4) is 0 Å². The molecule has 0 aromatic carbocycles. The summed E-state index contributed by atoms with van der Waals surface area (Å²) in [6.45, 7) is 5.49. The molecule has 1 heterocycles. The highest BCUT2D eigenvalue weighted by Crippen LogP contribution is 2.06. The Kier molecular flexibility index (Phi) is 5.99. The van der Waals surface area contributed by atoms with Crippen molar-refractivity contribution in [2.45, 2.75) is 26.7 Å². The third kappa shape index (κ3) is 4.05. The molecule has 0 spiro atoms. The number of carbonyl (C=O) groups excluding carboxylic acids is 2. The van der Waals surface area contributed by atoms with Gasteiger partial charge in [0.15, 0.2) is 0 Å². The van der Waals surface area contributed by atoms with Crippen molar-refractivity contribution >= 4 is 11.9 Å². The second kappa shape index (κ2) is 7.51. The first-order valence-corrected chi connectivity index (χ1v) is 6.47. The summed E-state index contributed by atoms with van der Waals surface area (Å²) in [6, 6.07) is 3.12. The Bertz CT molecular complexity index is 423. The minimum absolute atomic E-state index is 0.0971. The molecule has 0 saturated carbocycles. The first-order chi connectivity index (χ1) is 9.13. The zero-order chi connectivity index (χ0) is 14.3. The van der Waals surface area contributed by atoms with Crippen molar-refractivity contribution in [1.82, 2.24) is 9.88 Å². The Balaban J connectivity index is 2.83. The van der Waals surface area contributed by atoms with E-state index in [4.69, 9.17) is 0 Å². The van der Waals surface area contributed by atoms with Crippen LogP contribution >= 0.6 is 0 Å². The van der Waals surface area contributed by atoms with Crippen molar-refractivity contribution in [3.05, 3.63) is 29.6 Å². The SMILES string of the molecule is CCCN(CCC)C(=O)c1ccc(C(=O)OC)cn1. The molecule has 0 fully saturated rings. The van der Waals surface area contributed by atoms with Crippen molar-refractivity contribution in [3.8, 4) is 0 Å². The molecule has 1 aromatic heterocycles. The molecule has 0 atom stereocenters. The molecule has 19 heavy (non-hydrogen) atoms. The van der Waals surface area contributed by atoms with Crippen molar-refractivity contribution < 1.29 is 14.3 Å². The lowest BCUT2D eigenvalue weighted by Gasteiger charge is -2.20. The van der Waals surface area contributed by atoms with Gasteiger partial charge in [-0.15, -0.1) is 0 Å². The third-order valence-corrected chi connectivity index (χ3v) is 2.68. The number of methoxy groups -OCH3 is 1. The van der Waals surface area contributed by atoms with Crippen LogP contribution in [0.1, 0.15) is 47.5 Å². The second-order valence-corrected chi connectivity index (χ2v) is 4.22. The van der Waals surface area contributed by atoms with Crippen LogP contribution in [0, 0.1) is 0 Å². The highest BCUT2D eigenvalue weighted by molar-refractivity contribution is 5.94. The van der Waals surface area contributed by atoms with E-state index in [1.165, 1.54) is 13.3 Å². The summed E-state index contributed by atoms with van der Waals surface area (Å²) in [4.78, 5) is 29.3. The summed E-state index contributed by atoms with van der Waals surface area (Å²) in [5.41, 5.74) is 0.700. The number of amides is 1. The third-order valence-electron chi connectivity index (χ3n) is 2.68. The van der Waals surface area contributed by atoms with Gasteiger partial charge in [0.1, 0.15) is 5.69 Å². The Labute approximate surface area is 113 Å². The van der Waals surface area contributed by atoms with Crippen molar-refractivity contribution in [2.24, 2.45) is 0 Å². The maximum Gasteiger partial charge on any atom is 0.339 e. The largest absolute Gasteiger partial charge is 0.465 e. The topological polar surface area (TPSA) is 59.5 Å². The monoisotopic (exact) mass is 264 g/mol. The van der Waals surface area contributed by atoms with E-state index >= 15 is 0 Å². The maximum absolute atomic E-state index is 12.2. The fourth-order valence-electron chi connectivity index (χ4n) is 1.78. The summed E-state index contributed by atoms with van der Waals surface area (Å²) < 4.78 is 4.59. The molecular formula is C14H20N2O3. The number of nitrogens with zero attached hydrogens (tertiary/aromatic N) is 2. The standard InChI is InChI=1S/C14H20N2O3/c1-4-8-16(9-5-2)13(17)12-7-6-11(10-15-12)14(18)19-3/h6-7,10H,4-5,8-9H2,1-3H3. The van der Waals surface area contributed by atoms with Gasteiger partial charge in [0.25, 0.3) is 5.91 Å². The van der Waals surface area contributed by atoms with Crippen LogP contribution in [-0.2, 0) is 4.74 Å². The molecule has 1 rings (SSSR count). The van der Waals surface area contributed by atoms with E-state index in [0.29, 0.717) is 24.3 Å². The van der Waals surface area contributed by atoms with Gasteiger partial charge >= 0.3 is 5.97 Å². The summed E-state index contributed by atoms with van der Waals surface area (Å²) >= 11 is 0. The average Bonchev–Trinajstić information content (AvgIpc) is 2.45. The lowest BCUT2D eigenvalue weighted by atomic mass is 10.2. The van der Waals surface area contributed by atoms with E-state index in [0.717, 1.165) is 12.8 Å². The van der Waals surface area contributed by atoms with E-state index in [1.807, 2.05) is 13.8 Å². The van der Waals surface area contributed by atoms with Crippen molar-refractivity contribution in [2.75, 3.05) is 20.2 Å². The van der Waals surface area contributed by atoms with E-state index in [2.05, 4.69) is 9.72 Å². The molecular weight excluding hydrogens is 244 g/mol. The van der Waals surface area contributed by atoms with Crippen LogP contribution in [-0.4, -0.2) is 42.0 Å². The Morgan fingerprint density at radius 2 is 1.84 bits per heavy atom. The predicted molar refractivity (Wildman–Crippen MR) is 72.1 cm³/mol. The minimum Gasteiger partial charge on any atom is -0.465 e. The van der Waals surface area contributed by atoms with Gasteiger partial charge in [-0.25, -0.2) is 4.79 Å². The van der Waals surface area contributed by atoms with Crippen molar-refractivity contribution in [1.29, 1.82) is 0 Å². The Morgan fingerprint density at radius 3 is 2.26 bits per heavy atom. The summed E-state index contributed by atoms with van der Waals surface area (Å²) in [5, 5.41) is 0. The zero-order valence-electron chi connectivity index (χ0n) is 11.7. The lowest BCUT2D eigenvalue weighted by molar-refractivity contribution is 0.0599. The molecule has 5 heteroatoms. The number of pyridine rings is 1. The number of carbonyl (C=O) groups is 2. The number of hydrogen-bond acceptors (Lipinski definition) is 4. The smallest absolute Gasteiger partial charge is 0.339 e. The molecule has 0 bridgehead atoms. The normalized spacial score (nSPS) is 10.1. The molecule has 1 amide bonds. The molecule has 1 aromatic rings. The van der Waals surface area contributed by atoms with Gasteiger partial charge in [-0.1, -0.05) is 13.8 Å². The highest BCUT2D eigenvalue weighted by Gasteiger charge is 2.16. The fourth-order valence-corrected chi connectivity index (χ4v) is 1.78. The Morgan fingerprint density at radius 1 is 1.21 bits per heavy atom. The predicted octanol–water partition coefficient (Wildman–Crippen LogP) is 2.13. The zero-order valence-corrected chi connectivity index (χ0v) is 11.7. The molecule has 0 N–H and O–H groups in total. The van der Waals surface area contributed by atoms with Gasteiger partial charge in [0.2, 0.25) is 0 Å². The molecule has 0 saturated heterocycles. The van der Waals surface area contributed by atoms with Gasteiger partial charge < -0.3 is 9.64 Å². The van der Waals surface area contributed by atoms with Gasteiger partial charge in [-0.2, -0.15) is 0 Å². The summed E-state index contributed by atoms with van der Waals surface area (Å²) in [5.74, 6) is -0.550. The highest BCUT2D eigenvalue weighted by atomic mass is 16.5. The van der Waals surface area contributed by atoms with Crippen LogP contribution in [0.4, 0.5) is 0 Å². The molecule has 0 radical (unpaired) electrons. The first-order valence-electron chi connectivity index (χ1n) is 6.47. The van der Waals surface area contributed by atoms with Crippen LogP contribution in [0.25, 0.3) is 0 Å². The Hall–Kier alpha value is -1.91. The van der Waals surface area contributed by atoms with E-state index < -0.39 is 5.97 Å². The van der Waals surface area contributed by atoms with Gasteiger partial charge in [-0.3, -0.25) is 9.78 Å². The van der Waals surface area contributed by atoms with Gasteiger partial charge in [0, 0.05) is 19.3 Å². The molecule has 0 aliphatic heterocycles. The van der Waals surface area contributed by atoms with Crippen LogP contribution in [0.15, 0.2) is 18.3 Å². The van der Waals surface area contributed by atoms with Gasteiger partial charge in [-0.05, 0) is 25.0 Å². The van der Waals surface area contributed by atoms with Crippen molar-refractivity contribution in [3.63, 3.8) is 0 Å². The van der Waals surface area contributed by atoms with E-state index in [-0.39, 0.29) is 5.91 Å².